The quantitative estimate of drug-likeness (QED) is 0.761. The van der Waals surface area contributed by atoms with Gasteiger partial charge in [-0.1, -0.05) is 23.7 Å². The number of carbonyl (C=O) groups is 3. The first-order valence-corrected chi connectivity index (χ1v) is 8.12. The lowest BCUT2D eigenvalue weighted by molar-refractivity contribution is 0.0587. The molecular formula is C19H17ClN2O5. The zero-order valence-electron chi connectivity index (χ0n) is 14.6. The average Bonchev–Trinajstić information content (AvgIpc) is 2.66. The van der Waals surface area contributed by atoms with E-state index in [0.29, 0.717) is 5.02 Å². The molecule has 0 bridgehead atoms. The third-order valence-corrected chi connectivity index (χ3v) is 3.67. The molecule has 0 aliphatic carbocycles. The van der Waals surface area contributed by atoms with Gasteiger partial charge in [0.05, 0.1) is 31.0 Å². The Hall–Kier alpha value is -3.32. The lowest BCUT2D eigenvalue weighted by atomic mass is 10.1. The number of urea groups is 1. The van der Waals surface area contributed by atoms with Crippen LogP contribution in [0.3, 0.4) is 0 Å². The number of esters is 2. The number of amides is 2. The molecule has 140 valence electrons. The van der Waals surface area contributed by atoms with Gasteiger partial charge in [0.25, 0.3) is 0 Å². The topological polar surface area (TPSA) is 93.7 Å². The highest BCUT2D eigenvalue weighted by atomic mass is 35.5. The molecule has 0 fully saturated rings. The molecule has 0 aromatic heterocycles. The minimum Gasteiger partial charge on any atom is -0.465 e. The Bertz CT molecular complexity index is 895. The Morgan fingerprint density at radius 1 is 1.00 bits per heavy atom. The number of methoxy groups -OCH3 is 2. The molecule has 0 aliphatic rings. The van der Waals surface area contributed by atoms with E-state index in [1.807, 2.05) is 6.07 Å². The van der Waals surface area contributed by atoms with E-state index in [-0.39, 0.29) is 16.8 Å². The first-order valence-electron chi connectivity index (χ1n) is 7.75. The fourth-order valence-electron chi connectivity index (χ4n) is 2.16. The smallest absolute Gasteiger partial charge is 0.339 e. The maximum absolute atomic E-state index is 12.1. The Labute approximate surface area is 160 Å². The Morgan fingerprint density at radius 3 is 2.41 bits per heavy atom. The van der Waals surface area contributed by atoms with Crippen molar-refractivity contribution in [3.8, 4) is 0 Å². The second kappa shape index (κ2) is 9.40. The third kappa shape index (κ3) is 5.58. The van der Waals surface area contributed by atoms with Crippen molar-refractivity contribution in [2.24, 2.45) is 0 Å². The molecule has 0 heterocycles. The number of ether oxygens (including phenoxy) is 2. The van der Waals surface area contributed by atoms with Gasteiger partial charge < -0.3 is 20.1 Å². The summed E-state index contributed by atoms with van der Waals surface area (Å²) < 4.78 is 9.32. The van der Waals surface area contributed by atoms with Crippen molar-refractivity contribution in [2.75, 3.05) is 19.5 Å². The van der Waals surface area contributed by atoms with Gasteiger partial charge in [0.1, 0.15) is 0 Å². The molecule has 0 saturated heterocycles. The summed E-state index contributed by atoms with van der Waals surface area (Å²) in [6.07, 6.45) is 3.07. The maximum Gasteiger partial charge on any atom is 0.339 e. The van der Waals surface area contributed by atoms with Crippen LogP contribution in [0, 0.1) is 0 Å². The molecule has 2 N–H and O–H groups in total. The monoisotopic (exact) mass is 388 g/mol. The second-order valence-corrected chi connectivity index (χ2v) is 5.67. The Morgan fingerprint density at radius 2 is 1.74 bits per heavy atom. The lowest BCUT2D eigenvalue weighted by Gasteiger charge is -2.11. The van der Waals surface area contributed by atoms with Crippen molar-refractivity contribution in [1.29, 1.82) is 0 Å². The van der Waals surface area contributed by atoms with Crippen molar-refractivity contribution in [3.63, 3.8) is 0 Å². The predicted molar refractivity (Wildman–Crippen MR) is 102 cm³/mol. The maximum atomic E-state index is 12.1. The van der Waals surface area contributed by atoms with Gasteiger partial charge in [-0.3, -0.25) is 0 Å². The molecule has 8 heteroatoms. The van der Waals surface area contributed by atoms with Crippen molar-refractivity contribution in [1.82, 2.24) is 5.32 Å². The van der Waals surface area contributed by atoms with Crippen LogP contribution in [0.4, 0.5) is 10.5 Å². The predicted octanol–water partition coefficient (Wildman–Crippen LogP) is 3.71. The van der Waals surface area contributed by atoms with Crippen LogP contribution < -0.4 is 10.6 Å². The molecule has 2 aromatic rings. The van der Waals surface area contributed by atoms with Gasteiger partial charge in [-0.2, -0.15) is 0 Å². The van der Waals surface area contributed by atoms with Crippen LogP contribution in [-0.4, -0.2) is 32.2 Å². The van der Waals surface area contributed by atoms with Gasteiger partial charge in [0, 0.05) is 11.2 Å². The SMILES string of the molecule is COC(=O)c1ccc(C(=O)OC)c(NC(=O)N/C=C/c2cccc(Cl)c2)c1. The molecule has 7 nitrogen and oxygen atoms in total. The minimum atomic E-state index is -0.656. The largest absolute Gasteiger partial charge is 0.465 e. The zero-order chi connectivity index (χ0) is 19.8. The summed E-state index contributed by atoms with van der Waals surface area (Å²) >= 11 is 5.89. The first kappa shape index (κ1) is 20.0. The molecule has 0 spiro atoms. The molecule has 0 unspecified atom stereocenters. The van der Waals surface area contributed by atoms with E-state index in [1.54, 1.807) is 24.3 Å². The molecule has 2 amide bonds. The molecule has 0 saturated carbocycles. The lowest BCUT2D eigenvalue weighted by Crippen LogP contribution is -2.25. The molecule has 2 aromatic carbocycles. The van der Waals surface area contributed by atoms with E-state index in [1.165, 1.54) is 38.6 Å². The molecular weight excluding hydrogens is 372 g/mol. The highest BCUT2D eigenvalue weighted by molar-refractivity contribution is 6.30. The van der Waals surface area contributed by atoms with Gasteiger partial charge in [-0.05, 0) is 42.0 Å². The highest BCUT2D eigenvalue weighted by Gasteiger charge is 2.17. The van der Waals surface area contributed by atoms with Gasteiger partial charge >= 0.3 is 18.0 Å². The van der Waals surface area contributed by atoms with E-state index >= 15 is 0 Å². The van der Waals surface area contributed by atoms with Crippen LogP contribution in [0.5, 0.6) is 0 Å². The summed E-state index contributed by atoms with van der Waals surface area (Å²) in [6.45, 7) is 0. The van der Waals surface area contributed by atoms with Gasteiger partial charge in [0.15, 0.2) is 0 Å². The Balaban J connectivity index is 2.14. The van der Waals surface area contributed by atoms with Crippen molar-refractivity contribution < 1.29 is 23.9 Å². The van der Waals surface area contributed by atoms with Gasteiger partial charge in [-0.25, -0.2) is 14.4 Å². The summed E-state index contributed by atoms with van der Waals surface area (Å²) in [6, 6.07) is 10.6. The first-order chi connectivity index (χ1) is 12.9. The number of hydrogen-bond acceptors (Lipinski definition) is 5. The van der Waals surface area contributed by atoms with E-state index < -0.39 is 18.0 Å². The van der Waals surface area contributed by atoms with Crippen molar-refractivity contribution in [3.05, 3.63) is 70.4 Å². The zero-order valence-corrected chi connectivity index (χ0v) is 15.4. The fourth-order valence-corrected chi connectivity index (χ4v) is 2.36. The van der Waals surface area contributed by atoms with Crippen molar-refractivity contribution >= 4 is 41.3 Å². The van der Waals surface area contributed by atoms with Crippen LogP contribution in [-0.2, 0) is 9.47 Å². The summed E-state index contributed by atoms with van der Waals surface area (Å²) in [5, 5.41) is 5.58. The van der Waals surface area contributed by atoms with Crippen molar-refractivity contribution in [2.45, 2.75) is 0 Å². The van der Waals surface area contributed by atoms with E-state index in [9.17, 15) is 14.4 Å². The van der Waals surface area contributed by atoms with Crippen LogP contribution in [0.2, 0.25) is 5.02 Å². The summed E-state index contributed by atoms with van der Waals surface area (Å²) in [7, 11) is 2.45. The number of hydrogen-bond donors (Lipinski definition) is 2. The molecule has 27 heavy (non-hydrogen) atoms. The highest BCUT2D eigenvalue weighted by Crippen LogP contribution is 2.19. The summed E-state index contributed by atoms with van der Waals surface area (Å²) in [4.78, 5) is 35.6. The number of carbonyl (C=O) groups excluding carboxylic acids is 3. The summed E-state index contributed by atoms with van der Waals surface area (Å²) in [5.41, 5.74) is 1.18. The number of nitrogens with one attached hydrogen (secondary N) is 2. The summed E-state index contributed by atoms with van der Waals surface area (Å²) in [5.74, 6) is -1.26. The Kier molecular flexibility index (Phi) is 6.96. The van der Waals surface area contributed by atoms with Gasteiger partial charge in [0.2, 0.25) is 0 Å². The van der Waals surface area contributed by atoms with Crippen LogP contribution in [0.25, 0.3) is 6.08 Å². The average molecular weight is 389 g/mol. The van der Waals surface area contributed by atoms with Crippen LogP contribution >= 0.6 is 11.6 Å². The van der Waals surface area contributed by atoms with E-state index in [0.717, 1.165) is 5.56 Å². The molecule has 0 atom stereocenters. The molecule has 2 rings (SSSR count). The van der Waals surface area contributed by atoms with E-state index in [2.05, 4.69) is 20.1 Å². The van der Waals surface area contributed by atoms with E-state index in [4.69, 9.17) is 11.6 Å². The number of anilines is 1. The molecule has 0 aliphatic heterocycles. The minimum absolute atomic E-state index is 0.0964. The van der Waals surface area contributed by atoms with Crippen LogP contribution in [0.15, 0.2) is 48.7 Å². The fraction of sp³-hybridized carbons (Fsp3) is 0.105. The number of halogens is 1. The second-order valence-electron chi connectivity index (χ2n) is 5.23. The van der Waals surface area contributed by atoms with Crippen LogP contribution in [0.1, 0.15) is 26.3 Å². The van der Waals surface area contributed by atoms with Gasteiger partial charge in [-0.15, -0.1) is 0 Å². The number of rotatable bonds is 5. The number of benzene rings is 2. The standard InChI is InChI=1S/C19H17ClN2O5/c1-26-17(23)13-6-7-15(18(24)27-2)16(11-13)22-19(25)21-9-8-12-4-3-5-14(20)10-12/h3-11H,1-2H3,(H2,21,22,25)/b9-8+. The normalized spacial score (nSPS) is 10.3. The third-order valence-electron chi connectivity index (χ3n) is 3.43. The molecule has 0 radical (unpaired) electrons.